The highest BCUT2D eigenvalue weighted by Gasteiger charge is 2.30. The molecule has 1 aromatic carbocycles. The van der Waals surface area contributed by atoms with Crippen molar-refractivity contribution in [2.75, 3.05) is 7.11 Å². The number of alkyl carbamates (subject to hydrolysis) is 1. The Morgan fingerprint density at radius 2 is 2.20 bits per heavy atom. The van der Waals surface area contributed by atoms with Crippen LogP contribution in [0.25, 0.3) is 10.9 Å². The summed E-state index contributed by atoms with van der Waals surface area (Å²) in [5.41, 5.74) is 5.61. The van der Waals surface area contributed by atoms with Crippen LogP contribution in [0.5, 0.6) is 0 Å². The highest BCUT2D eigenvalue weighted by atomic mass is 16.6. The molecule has 7 nitrogen and oxygen atoms in total. The van der Waals surface area contributed by atoms with E-state index in [9.17, 15) is 4.79 Å². The monoisotopic (exact) mass is 406 g/mol. The van der Waals surface area contributed by atoms with E-state index in [1.165, 1.54) is 23.8 Å². The molecule has 1 aliphatic carbocycles. The van der Waals surface area contributed by atoms with Gasteiger partial charge in [0.05, 0.1) is 24.6 Å². The van der Waals surface area contributed by atoms with Crippen molar-refractivity contribution in [1.82, 2.24) is 14.9 Å². The van der Waals surface area contributed by atoms with Gasteiger partial charge in [-0.05, 0) is 55.7 Å². The minimum atomic E-state index is -0.367. The number of pyridine rings is 1. The number of hydrogen-bond donors (Lipinski definition) is 1. The Balaban J connectivity index is 1.69. The van der Waals surface area contributed by atoms with Gasteiger partial charge in [-0.25, -0.2) is 4.79 Å². The summed E-state index contributed by atoms with van der Waals surface area (Å²) in [5.74, 6) is 0. The van der Waals surface area contributed by atoms with Crippen LogP contribution in [0.15, 0.2) is 47.8 Å². The maximum absolute atomic E-state index is 12.1. The highest BCUT2D eigenvalue weighted by Crippen LogP contribution is 2.34. The van der Waals surface area contributed by atoms with Gasteiger partial charge >= 0.3 is 6.09 Å². The van der Waals surface area contributed by atoms with E-state index >= 15 is 0 Å². The molecule has 1 N–H and O–H groups in total. The van der Waals surface area contributed by atoms with Crippen molar-refractivity contribution < 1.29 is 14.4 Å². The van der Waals surface area contributed by atoms with Gasteiger partial charge in [-0.1, -0.05) is 17.3 Å². The molecule has 1 atom stereocenters. The molecule has 0 bridgehead atoms. The molecule has 2 aromatic heterocycles. The van der Waals surface area contributed by atoms with Crippen LogP contribution in [-0.2, 0) is 29.0 Å². The molecule has 3 aromatic rings. The molecular weight excluding hydrogens is 380 g/mol. The first-order valence-electron chi connectivity index (χ1n) is 10.1. The number of fused-ring (bicyclic) bond motifs is 3. The van der Waals surface area contributed by atoms with Crippen LogP contribution < -0.4 is 5.32 Å². The van der Waals surface area contributed by atoms with Crippen LogP contribution in [0.4, 0.5) is 4.79 Å². The summed E-state index contributed by atoms with van der Waals surface area (Å²) in [6.45, 7) is 4.38. The van der Waals surface area contributed by atoms with Crippen LogP contribution >= 0.6 is 0 Å². The molecule has 30 heavy (non-hydrogen) atoms. The first-order valence-corrected chi connectivity index (χ1v) is 10.1. The lowest BCUT2D eigenvalue weighted by Crippen LogP contribution is -2.37. The van der Waals surface area contributed by atoms with E-state index < -0.39 is 0 Å². The number of carbonyl (C=O) groups is 1. The van der Waals surface area contributed by atoms with Gasteiger partial charge in [0, 0.05) is 35.3 Å². The Hall–Kier alpha value is -3.35. The molecule has 7 heteroatoms. The van der Waals surface area contributed by atoms with Gasteiger partial charge in [0.15, 0.2) is 0 Å². The molecule has 156 valence electrons. The fourth-order valence-electron chi connectivity index (χ4n) is 4.05. The molecule has 4 rings (SSSR count). The Labute approximate surface area is 175 Å². The summed E-state index contributed by atoms with van der Waals surface area (Å²) in [4.78, 5) is 21.4. The number of nitrogens with one attached hydrogen (secondary N) is 1. The second-order valence-corrected chi connectivity index (χ2v) is 7.73. The van der Waals surface area contributed by atoms with Crippen molar-refractivity contribution in [1.29, 1.82) is 0 Å². The van der Waals surface area contributed by atoms with E-state index in [-0.39, 0.29) is 18.2 Å². The lowest BCUT2D eigenvalue weighted by molar-refractivity contribution is 0.112. The largest absolute Gasteiger partial charge is 0.447 e. The molecule has 0 aliphatic heterocycles. The summed E-state index contributed by atoms with van der Waals surface area (Å²) in [7, 11) is 1.53. The minimum Gasteiger partial charge on any atom is -0.447 e. The molecule has 1 aliphatic rings. The zero-order valence-corrected chi connectivity index (χ0v) is 17.5. The van der Waals surface area contributed by atoms with E-state index in [2.05, 4.69) is 32.2 Å². The highest BCUT2D eigenvalue weighted by molar-refractivity contribution is 5.92. The van der Waals surface area contributed by atoms with E-state index in [1.807, 2.05) is 44.3 Å². The molecule has 0 fully saturated rings. The summed E-state index contributed by atoms with van der Waals surface area (Å²) < 4.78 is 7.57. The van der Waals surface area contributed by atoms with Crippen LogP contribution in [0, 0.1) is 0 Å². The Kier molecular flexibility index (Phi) is 5.70. The fraction of sp³-hybridized carbons (Fsp3) is 0.348. The standard InChI is InChI=1S/C23H26N4O3/c1-15(2)30-23(28)26-18-11-20-19-10-16(13-25-29-3)7-8-21(19)27(22(20)12-18)14-17-6-4-5-9-24-17/h4-10,13,15,18H,11-12,14H2,1-3H3,(H,26,28). The van der Waals surface area contributed by atoms with Crippen molar-refractivity contribution in [2.24, 2.45) is 5.16 Å². The number of oxime groups is 1. The number of benzene rings is 1. The van der Waals surface area contributed by atoms with Gasteiger partial charge in [-0.3, -0.25) is 4.98 Å². The molecule has 0 radical (unpaired) electrons. The third kappa shape index (κ3) is 4.15. The second-order valence-electron chi connectivity index (χ2n) is 7.73. The van der Waals surface area contributed by atoms with Gasteiger partial charge in [-0.2, -0.15) is 0 Å². The summed E-state index contributed by atoms with van der Waals surface area (Å²) in [5, 5.41) is 8.06. The summed E-state index contributed by atoms with van der Waals surface area (Å²) >= 11 is 0. The van der Waals surface area contributed by atoms with E-state index in [0.717, 1.165) is 29.6 Å². The number of aromatic nitrogens is 2. The van der Waals surface area contributed by atoms with Crippen molar-refractivity contribution >= 4 is 23.2 Å². The topological polar surface area (TPSA) is 77.7 Å². The first-order chi connectivity index (χ1) is 14.5. The Bertz CT molecular complexity index is 1070. The molecule has 0 saturated heterocycles. The predicted octanol–water partition coefficient (Wildman–Crippen LogP) is 3.67. The number of amides is 1. The SMILES string of the molecule is CON=Cc1ccc2c(c1)c1c(n2Cc2ccccn2)CC(NC(=O)OC(C)C)C1. The quantitative estimate of drug-likeness (QED) is 0.501. The maximum Gasteiger partial charge on any atom is 0.407 e. The Morgan fingerprint density at radius 1 is 1.33 bits per heavy atom. The Morgan fingerprint density at radius 3 is 2.93 bits per heavy atom. The van der Waals surface area contributed by atoms with Crippen molar-refractivity contribution in [2.45, 2.75) is 45.4 Å². The average molecular weight is 406 g/mol. The normalized spacial score (nSPS) is 15.7. The number of carbonyl (C=O) groups excluding carboxylic acids is 1. The fourth-order valence-corrected chi connectivity index (χ4v) is 4.05. The smallest absolute Gasteiger partial charge is 0.407 e. The number of nitrogens with zero attached hydrogens (tertiary/aromatic N) is 3. The van der Waals surface area contributed by atoms with Crippen molar-refractivity contribution in [3.63, 3.8) is 0 Å². The minimum absolute atomic E-state index is 0.0110. The van der Waals surface area contributed by atoms with Crippen molar-refractivity contribution in [3.8, 4) is 0 Å². The van der Waals surface area contributed by atoms with Crippen LogP contribution in [0.2, 0.25) is 0 Å². The molecular formula is C23H26N4O3. The van der Waals surface area contributed by atoms with Gasteiger partial charge in [0.2, 0.25) is 0 Å². The zero-order chi connectivity index (χ0) is 21.1. The molecule has 1 amide bonds. The maximum atomic E-state index is 12.1. The zero-order valence-electron chi connectivity index (χ0n) is 17.5. The average Bonchev–Trinajstić information content (AvgIpc) is 3.24. The van der Waals surface area contributed by atoms with Crippen LogP contribution in [0.3, 0.4) is 0 Å². The molecule has 0 saturated carbocycles. The molecule has 1 unspecified atom stereocenters. The summed E-state index contributed by atoms with van der Waals surface area (Å²) in [6.07, 6.45) is 4.52. The van der Waals surface area contributed by atoms with Gasteiger partial charge in [-0.15, -0.1) is 0 Å². The third-order valence-corrected chi connectivity index (χ3v) is 5.22. The van der Waals surface area contributed by atoms with Gasteiger partial charge in [0.1, 0.15) is 7.11 Å². The van der Waals surface area contributed by atoms with Crippen LogP contribution in [0.1, 0.15) is 36.4 Å². The number of ether oxygens (including phenoxy) is 1. The number of rotatable bonds is 6. The van der Waals surface area contributed by atoms with E-state index in [4.69, 9.17) is 9.57 Å². The van der Waals surface area contributed by atoms with Crippen molar-refractivity contribution in [3.05, 3.63) is 65.1 Å². The predicted molar refractivity (Wildman–Crippen MR) is 116 cm³/mol. The lowest BCUT2D eigenvalue weighted by Gasteiger charge is -2.16. The van der Waals surface area contributed by atoms with Crippen LogP contribution in [-0.4, -0.2) is 41.1 Å². The lowest BCUT2D eigenvalue weighted by atomic mass is 10.1. The van der Waals surface area contributed by atoms with Gasteiger partial charge in [0.25, 0.3) is 0 Å². The van der Waals surface area contributed by atoms with Gasteiger partial charge < -0.3 is 19.5 Å². The third-order valence-electron chi connectivity index (χ3n) is 5.22. The summed E-state index contributed by atoms with van der Waals surface area (Å²) in [6, 6.07) is 12.2. The number of hydrogen-bond acceptors (Lipinski definition) is 5. The van der Waals surface area contributed by atoms with E-state index in [0.29, 0.717) is 6.54 Å². The molecule has 2 heterocycles. The van der Waals surface area contributed by atoms with E-state index in [1.54, 1.807) is 6.21 Å². The first kappa shape index (κ1) is 19.9. The molecule has 0 spiro atoms. The second kappa shape index (κ2) is 8.57.